The molecule has 0 saturated heterocycles. The quantitative estimate of drug-likeness (QED) is 0.0261. The number of hydrogen-bond donors (Lipinski definition) is 0. The summed E-state index contributed by atoms with van der Waals surface area (Å²) in [7, 11) is 0. The number of rotatable bonds is 57. The fourth-order valence-corrected chi connectivity index (χ4v) is 8.71. The van der Waals surface area contributed by atoms with Gasteiger partial charge < -0.3 is 14.2 Å². The second-order valence-electron chi connectivity index (χ2n) is 20.9. The minimum atomic E-state index is -0.796. The molecule has 0 aliphatic heterocycles. The van der Waals surface area contributed by atoms with E-state index in [1.807, 2.05) is 0 Å². The molecule has 6 nitrogen and oxygen atoms in total. The van der Waals surface area contributed by atoms with Crippen LogP contribution in [0.25, 0.3) is 0 Å². The number of unbranched alkanes of at least 4 members (excludes halogenated alkanes) is 28. The predicted octanol–water partition coefficient (Wildman–Crippen LogP) is 21.8. The lowest BCUT2D eigenvalue weighted by Crippen LogP contribution is -2.30. The third kappa shape index (κ3) is 60.9. The summed E-state index contributed by atoms with van der Waals surface area (Å²) in [6.07, 6.45) is 86.5. The summed E-state index contributed by atoms with van der Waals surface area (Å²) in [5.41, 5.74) is 0. The van der Waals surface area contributed by atoms with E-state index < -0.39 is 6.10 Å². The SMILES string of the molecule is CC/C=C\C/C=C\C/C=C\C/C=C\C/C=C\C/C=C\CCCCCCCCC(=O)OCC(COC(=O)CCCCCCC/C=C\C/C=C\CCCCCC)OC(=O)CCCCCCCCC/C=C\CCCCCCCC. The minimum Gasteiger partial charge on any atom is -0.462 e. The monoisotopic (exact) mass is 1050 g/mol. The fourth-order valence-electron chi connectivity index (χ4n) is 8.71. The van der Waals surface area contributed by atoms with Crippen molar-refractivity contribution >= 4 is 17.9 Å². The molecule has 0 heterocycles. The van der Waals surface area contributed by atoms with Gasteiger partial charge in [0.25, 0.3) is 0 Å². The zero-order chi connectivity index (χ0) is 55.0. The molecule has 76 heavy (non-hydrogen) atoms. The number of esters is 3. The van der Waals surface area contributed by atoms with Gasteiger partial charge >= 0.3 is 17.9 Å². The summed E-state index contributed by atoms with van der Waals surface area (Å²) in [5, 5.41) is 0. The molecule has 0 bridgehead atoms. The molecule has 0 aromatic rings. The molecule has 0 aromatic heterocycles. The second kappa shape index (κ2) is 63.6. The van der Waals surface area contributed by atoms with E-state index in [0.717, 1.165) is 135 Å². The summed E-state index contributed by atoms with van der Waals surface area (Å²) < 4.78 is 16.9. The van der Waals surface area contributed by atoms with Gasteiger partial charge in [-0.05, 0) is 128 Å². The highest BCUT2D eigenvalue weighted by Crippen LogP contribution is 2.15. The normalized spacial score (nSPS) is 12.8. The number of carbonyl (C=O) groups excluding carboxylic acids is 3. The summed E-state index contributed by atoms with van der Waals surface area (Å²) in [6, 6.07) is 0. The first kappa shape index (κ1) is 72.1. The third-order valence-corrected chi connectivity index (χ3v) is 13.5. The van der Waals surface area contributed by atoms with E-state index in [0.29, 0.717) is 19.3 Å². The van der Waals surface area contributed by atoms with Crippen molar-refractivity contribution in [3.05, 3.63) is 109 Å². The Labute approximate surface area is 470 Å². The van der Waals surface area contributed by atoms with Crippen LogP contribution in [0.3, 0.4) is 0 Å². The Morgan fingerprint density at radius 2 is 0.513 bits per heavy atom. The molecular weight excluding hydrogens is 937 g/mol. The van der Waals surface area contributed by atoms with Crippen molar-refractivity contribution < 1.29 is 28.6 Å². The lowest BCUT2D eigenvalue weighted by atomic mass is 10.1. The zero-order valence-electron chi connectivity index (χ0n) is 49.7. The maximum absolute atomic E-state index is 12.9. The molecule has 0 radical (unpaired) electrons. The van der Waals surface area contributed by atoms with Gasteiger partial charge in [0.15, 0.2) is 6.10 Å². The van der Waals surface area contributed by atoms with Crippen molar-refractivity contribution in [3.63, 3.8) is 0 Å². The molecular formula is C70H118O6. The highest BCUT2D eigenvalue weighted by atomic mass is 16.6. The van der Waals surface area contributed by atoms with Crippen LogP contribution < -0.4 is 0 Å². The molecule has 0 fully saturated rings. The number of allylic oxidation sites excluding steroid dienone is 18. The average molecular weight is 1060 g/mol. The van der Waals surface area contributed by atoms with Crippen LogP contribution in [0.15, 0.2) is 109 Å². The van der Waals surface area contributed by atoms with Crippen LogP contribution in [-0.2, 0) is 28.6 Å². The lowest BCUT2D eigenvalue weighted by Gasteiger charge is -2.18. The average Bonchev–Trinajstić information content (AvgIpc) is 3.42. The smallest absolute Gasteiger partial charge is 0.306 e. The Balaban J connectivity index is 4.42. The second-order valence-corrected chi connectivity index (χ2v) is 20.9. The van der Waals surface area contributed by atoms with Crippen molar-refractivity contribution in [1.29, 1.82) is 0 Å². The lowest BCUT2D eigenvalue weighted by molar-refractivity contribution is -0.167. The highest BCUT2D eigenvalue weighted by molar-refractivity contribution is 5.71. The first-order valence-electron chi connectivity index (χ1n) is 31.9. The summed E-state index contributed by atoms with van der Waals surface area (Å²) in [6.45, 7) is 6.50. The van der Waals surface area contributed by atoms with Crippen molar-refractivity contribution in [2.24, 2.45) is 0 Å². The fraction of sp³-hybridized carbons (Fsp3) is 0.700. The van der Waals surface area contributed by atoms with Gasteiger partial charge in [0.05, 0.1) is 0 Å². The van der Waals surface area contributed by atoms with Gasteiger partial charge in [0.2, 0.25) is 0 Å². The number of carbonyl (C=O) groups is 3. The molecule has 1 atom stereocenters. The van der Waals surface area contributed by atoms with Gasteiger partial charge in [0.1, 0.15) is 13.2 Å². The molecule has 0 saturated carbocycles. The third-order valence-electron chi connectivity index (χ3n) is 13.5. The van der Waals surface area contributed by atoms with Gasteiger partial charge in [-0.3, -0.25) is 14.4 Å². The Morgan fingerprint density at radius 1 is 0.276 bits per heavy atom. The van der Waals surface area contributed by atoms with Crippen LogP contribution in [-0.4, -0.2) is 37.2 Å². The summed E-state index contributed by atoms with van der Waals surface area (Å²) in [5.74, 6) is -0.917. The van der Waals surface area contributed by atoms with E-state index in [4.69, 9.17) is 14.2 Å². The van der Waals surface area contributed by atoms with E-state index in [2.05, 4.69) is 130 Å². The number of ether oxygens (including phenoxy) is 3. The van der Waals surface area contributed by atoms with E-state index >= 15 is 0 Å². The largest absolute Gasteiger partial charge is 0.462 e. The van der Waals surface area contributed by atoms with Crippen molar-refractivity contribution in [1.82, 2.24) is 0 Å². The molecule has 434 valence electrons. The summed E-state index contributed by atoms with van der Waals surface area (Å²) >= 11 is 0. The first-order valence-corrected chi connectivity index (χ1v) is 31.9. The summed E-state index contributed by atoms with van der Waals surface area (Å²) in [4.78, 5) is 38.3. The Hall–Kier alpha value is -3.93. The van der Waals surface area contributed by atoms with Gasteiger partial charge in [0, 0.05) is 19.3 Å². The maximum Gasteiger partial charge on any atom is 0.306 e. The van der Waals surface area contributed by atoms with Gasteiger partial charge in [-0.1, -0.05) is 259 Å². The van der Waals surface area contributed by atoms with Crippen molar-refractivity contribution in [3.8, 4) is 0 Å². The van der Waals surface area contributed by atoms with Crippen LogP contribution >= 0.6 is 0 Å². The van der Waals surface area contributed by atoms with Crippen LogP contribution in [0, 0.1) is 0 Å². The van der Waals surface area contributed by atoms with Crippen LogP contribution in [0.5, 0.6) is 0 Å². The van der Waals surface area contributed by atoms with E-state index in [1.54, 1.807) is 0 Å². The first-order chi connectivity index (χ1) is 37.5. The molecule has 0 spiro atoms. The van der Waals surface area contributed by atoms with E-state index in [9.17, 15) is 14.4 Å². The Morgan fingerprint density at radius 3 is 0.829 bits per heavy atom. The molecule has 0 aliphatic carbocycles. The molecule has 0 rings (SSSR count). The minimum absolute atomic E-state index is 0.0922. The Bertz CT molecular complexity index is 1540. The van der Waals surface area contributed by atoms with Crippen LogP contribution in [0.4, 0.5) is 0 Å². The van der Waals surface area contributed by atoms with Crippen molar-refractivity contribution in [2.75, 3.05) is 13.2 Å². The van der Waals surface area contributed by atoms with Gasteiger partial charge in [-0.15, -0.1) is 0 Å². The highest BCUT2D eigenvalue weighted by Gasteiger charge is 2.19. The van der Waals surface area contributed by atoms with Crippen LogP contribution in [0.1, 0.15) is 297 Å². The van der Waals surface area contributed by atoms with Crippen molar-refractivity contribution in [2.45, 2.75) is 303 Å². The van der Waals surface area contributed by atoms with Crippen LogP contribution in [0.2, 0.25) is 0 Å². The molecule has 0 aromatic carbocycles. The predicted molar refractivity (Wildman–Crippen MR) is 330 cm³/mol. The number of hydrogen-bond acceptors (Lipinski definition) is 6. The molecule has 0 aliphatic rings. The molecule has 6 heteroatoms. The maximum atomic E-state index is 12.9. The van der Waals surface area contributed by atoms with E-state index in [-0.39, 0.29) is 31.1 Å². The molecule has 1 unspecified atom stereocenters. The topological polar surface area (TPSA) is 78.9 Å². The van der Waals surface area contributed by atoms with Gasteiger partial charge in [-0.2, -0.15) is 0 Å². The zero-order valence-corrected chi connectivity index (χ0v) is 49.7. The van der Waals surface area contributed by atoms with E-state index in [1.165, 1.54) is 122 Å². The Kier molecular flexibility index (Phi) is 60.3. The standard InChI is InChI=1S/C70H118O6/c1-4-7-10-13-16-19-22-25-28-31-32-33-34-35-36-37-38-40-42-45-48-51-54-57-60-63-69(72)75-66-67(65-74-68(71)62-59-56-53-50-47-44-41-30-27-24-21-18-15-12-9-6-3)76-70(73)64-61-58-55-52-49-46-43-39-29-26-23-20-17-14-11-8-5-2/h7,10,16,19,21,24-26,28-30,32-33,35-36,38,40-41,67H,4-6,8-9,11-15,17-18,20,22-23,27,31,34,37,39,42-66H2,1-3H3/b10-7-,19-16-,24-21-,28-25-,29-26-,33-32-,36-35-,40-38-,41-30-. The van der Waals surface area contributed by atoms with Gasteiger partial charge in [-0.25, -0.2) is 0 Å². The molecule has 0 N–H and O–H groups in total. The molecule has 0 amide bonds.